The van der Waals surface area contributed by atoms with Crippen molar-refractivity contribution in [3.8, 4) is 11.1 Å². The van der Waals surface area contributed by atoms with E-state index in [4.69, 9.17) is 16.0 Å². The van der Waals surface area contributed by atoms with E-state index in [2.05, 4.69) is 5.32 Å². The van der Waals surface area contributed by atoms with Crippen LogP contribution in [-0.2, 0) is 21.4 Å². The van der Waals surface area contributed by atoms with E-state index in [1.165, 1.54) is 28.6 Å². The fraction of sp³-hybridized carbons (Fsp3) is 0.192. The number of hydrogen-bond acceptors (Lipinski definition) is 4. The molecule has 1 aliphatic heterocycles. The molecule has 0 radical (unpaired) electrons. The predicted octanol–water partition coefficient (Wildman–Crippen LogP) is 5.36. The molecule has 1 unspecified atom stereocenters. The van der Waals surface area contributed by atoms with Gasteiger partial charge in [-0.05, 0) is 65.9 Å². The quantitative estimate of drug-likeness (QED) is 0.377. The van der Waals surface area contributed by atoms with Gasteiger partial charge in [0.1, 0.15) is 17.4 Å². The second-order valence-electron chi connectivity index (χ2n) is 8.45. The Kier molecular flexibility index (Phi) is 6.35. The first-order valence-electron chi connectivity index (χ1n) is 11.1. The predicted molar refractivity (Wildman–Crippen MR) is 132 cm³/mol. The molecule has 0 aliphatic carbocycles. The summed E-state index contributed by atoms with van der Waals surface area (Å²) in [6.45, 7) is 0.465. The van der Waals surface area contributed by atoms with Gasteiger partial charge in [-0.3, -0.25) is 4.79 Å². The smallest absolute Gasteiger partial charge is 0.277 e. The van der Waals surface area contributed by atoms with Gasteiger partial charge in [-0.1, -0.05) is 41.9 Å². The maximum Gasteiger partial charge on any atom is 0.277 e. The fourth-order valence-electron chi connectivity index (χ4n) is 4.33. The highest BCUT2D eigenvalue weighted by molar-refractivity contribution is 7.89. The molecular weight excluding hydrogens is 491 g/mol. The van der Waals surface area contributed by atoms with Crippen molar-refractivity contribution in [2.45, 2.75) is 30.5 Å². The van der Waals surface area contributed by atoms with E-state index in [1.807, 2.05) is 48.5 Å². The third-order valence-electron chi connectivity index (χ3n) is 6.10. The standard InChI is InChI=1S/C26H22ClFN2O4S/c27-21-8-6-18(7-9-21)19-4-1-3-17(13-19)16-29-26(31)23-5-2-12-30(23)35(32,33)25-15-20-14-22(28)10-11-24(20)34-25/h1,3-4,6-11,13-15,23H,2,5,12,16H2,(H,29,31). The molecule has 1 fully saturated rings. The van der Waals surface area contributed by atoms with Gasteiger partial charge in [0.05, 0.1) is 0 Å². The van der Waals surface area contributed by atoms with E-state index in [1.54, 1.807) is 0 Å². The van der Waals surface area contributed by atoms with E-state index in [0.717, 1.165) is 16.7 Å². The molecule has 0 bridgehead atoms. The lowest BCUT2D eigenvalue weighted by molar-refractivity contribution is -0.124. The number of halogens is 2. The summed E-state index contributed by atoms with van der Waals surface area (Å²) in [5.74, 6) is -0.856. The van der Waals surface area contributed by atoms with Crippen LogP contribution in [0.25, 0.3) is 22.1 Å². The first-order valence-corrected chi connectivity index (χ1v) is 13.0. The Balaban J connectivity index is 1.30. The number of carbonyl (C=O) groups is 1. The Labute approximate surface area is 207 Å². The molecule has 5 rings (SSSR count). The largest absolute Gasteiger partial charge is 0.443 e. The maximum absolute atomic E-state index is 13.5. The number of benzene rings is 3. The number of fused-ring (bicyclic) bond motifs is 1. The molecule has 1 aromatic heterocycles. The molecule has 3 aromatic carbocycles. The average molecular weight is 513 g/mol. The van der Waals surface area contributed by atoms with Crippen LogP contribution in [0.4, 0.5) is 4.39 Å². The second kappa shape index (κ2) is 9.45. The molecule has 1 saturated heterocycles. The molecule has 1 aliphatic rings. The zero-order chi connectivity index (χ0) is 24.6. The van der Waals surface area contributed by atoms with E-state index in [9.17, 15) is 17.6 Å². The van der Waals surface area contributed by atoms with E-state index >= 15 is 0 Å². The van der Waals surface area contributed by atoms with Crippen LogP contribution in [0.3, 0.4) is 0 Å². The molecule has 2 heterocycles. The topological polar surface area (TPSA) is 79.6 Å². The average Bonchev–Trinajstić information content (AvgIpc) is 3.51. The van der Waals surface area contributed by atoms with Crippen molar-refractivity contribution in [2.24, 2.45) is 0 Å². The number of rotatable bonds is 6. The van der Waals surface area contributed by atoms with Crippen molar-refractivity contribution in [1.82, 2.24) is 9.62 Å². The summed E-state index contributed by atoms with van der Waals surface area (Å²) < 4.78 is 46.7. The normalized spacial score (nSPS) is 16.6. The van der Waals surface area contributed by atoms with Crippen molar-refractivity contribution >= 4 is 38.5 Å². The van der Waals surface area contributed by atoms with Crippen LogP contribution in [0, 0.1) is 5.82 Å². The highest BCUT2D eigenvalue weighted by Gasteiger charge is 2.41. The summed E-state index contributed by atoms with van der Waals surface area (Å²) in [4.78, 5) is 13.0. The Morgan fingerprint density at radius 1 is 1.06 bits per heavy atom. The van der Waals surface area contributed by atoms with Crippen molar-refractivity contribution in [3.63, 3.8) is 0 Å². The Morgan fingerprint density at radius 3 is 2.66 bits per heavy atom. The molecule has 4 aromatic rings. The van der Waals surface area contributed by atoms with Crippen LogP contribution >= 0.6 is 11.6 Å². The lowest BCUT2D eigenvalue weighted by Crippen LogP contribution is -2.45. The van der Waals surface area contributed by atoms with Gasteiger partial charge < -0.3 is 9.73 Å². The van der Waals surface area contributed by atoms with E-state index in [-0.39, 0.29) is 29.7 Å². The number of furan rings is 1. The van der Waals surface area contributed by atoms with Crippen LogP contribution in [0.2, 0.25) is 5.02 Å². The van der Waals surface area contributed by atoms with Crippen LogP contribution < -0.4 is 5.32 Å². The minimum atomic E-state index is -4.06. The van der Waals surface area contributed by atoms with Crippen molar-refractivity contribution in [1.29, 1.82) is 0 Å². The van der Waals surface area contributed by atoms with Crippen molar-refractivity contribution in [2.75, 3.05) is 6.54 Å². The summed E-state index contributed by atoms with van der Waals surface area (Å²) in [5, 5.41) is 3.58. The Bertz CT molecular complexity index is 1500. The fourth-order valence-corrected chi connectivity index (χ4v) is 6.07. The summed E-state index contributed by atoms with van der Waals surface area (Å²) in [6, 6.07) is 19.5. The number of amides is 1. The zero-order valence-electron chi connectivity index (χ0n) is 18.6. The zero-order valence-corrected chi connectivity index (χ0v) is 20.2. The summed E-state index contributed by atoms with van der Waals surface area (Å²) >= 11 is 5.97. The van der Waals surface area contributed by atoms with Gasteiger partial charge in [0, 0.05) is 29.6 Å². The van der Waals surface area contributed by atoms with Gasteiger partial charge >= 0.3 is 0 Å². The van der Waals surface area contributed by atoms with Crippen LogP contribution in [0.1, 0.15) is 18.4 Å². The second-order valence-corrected chi connectivity index (χ2v) is 10.7. The van der Waals surface area contributed by atoms with Crippen LogP contribution in [-0.4, -0.2) is 31.2 Å². The van der Waals surface area contributed by atoms with E-state index < -0.39 is 21.9 Å². The summed E-state index contributed by atoms with van der Waals surface area (Å²) in [7, 11) is -4.06. The molecule has 6 nitrogen and oxygen atoms in total. The molecule has 1 atom stereocenters. The minimum absolute atomic E-state index is 0.206. The van der Waals surface area contributed by atoms with Gasteiger partial charge in [0.2, 0.25) is 11.0 Å². The number of hydrogen-bond donors (Lipinski definition) is 1. The molecule has 0 saturated carbocycles. The molecule has 0 spiro atoms. The number of nitrogens with zero attached hydrogens (tertiary/aromatic N) is 1. The van der Waals surface area contributed by atoms with Gasteiger partial charge in [0.15, 0.2) is 0 Å². The first-order chi connectivity index (χ1) is 16.8. The van der Waals surface area contributed by atoms with E-state index in [0.29, 0.717) is 23.3 Å². The Morgan fingerprint density at radius 2 is 1.86 bits per heavy atom. The van der Waals surface area contributed by atoms with Gasteiger partial charge in [-0.25, -0.2) is 12.8 Å². The third kappa shape index (κ3) is 4.82. The molecule has 9 heteroatoms. The SMILES string of the molecule is O=C(NCc1cccc(-c2ccc(Cl)cc2)c1)C1CCCN1S(=O)(=O)c1cc2cc(F)ccc2o1. The van der Waals surface area contributed by atoms with Gasteiger partial charge in [-0.15, -0.1) is 0 Å². The van der Waals surface area contributed by atoms with Gasteiger partial charge in [0.25, 0.3) is 10.0 Å². The first kappa shape index (κ1) is 23.5. The number of sulfonamides is 1. The number of carbonyl (C=O) groups excluding carboxylic acids is 1. The molecule has 35 heavy (non-hydrogen) atoms. The Hall–Kier alpha value is -3.20. The van der Waals surface area contributed by atoms with Crippen molar-refractivity contribution < 1.29 is 22.0 Å². The summed E-state index contributed by atoms with van der Waals surface area (Å²) in [6.07, 6.45) is 0.961. The van der Waals surface area contributed by atoms with Crippen molar-refractivity contribution in [3.05, 3.63) is 89.2 Å². The highest BCUT2D eigenvalue weighted by atomic mass is 35.5. The minimum Gasteiger partial charge on any atom is -0.443 e. The monoisotopic (exact) mass is 512 g/mol. The highest BCUT2D eigenvalue weighted by Crippen LogP contribution is 2.30. The molecular formula is C26H22ClFN2O4S. The third-order valence-corrected chi connectivity index (χ3v) is 8.11. The molecule has 180 valence electrons. The lowest BCUT2D eigenvalue weighted by atomic mass is 10.0. The van der Waals surface area contributed by atoms with Gasteiger partial charge in [-0.2, -0.15) is 4.31 Å². The molecule has 1 amide bonds. The molecule has 1 N–H and O–H groups in total. The number of nitrogens with one attached hydrogen (secondary N) is 1. The van der Waals surface area contributed by atoms with Crippen LogP contribution in [0.15, 0.2) is 82.3 Å². The maximum atomic E-state index is 13.5. The lowest BCUT2D eigenvalue weighted by Gasteiger charge is -2.22. The summed E-state index contributed by atoms with van der Waals surface area (Å²) in [5.41, 5.74) is 3.14. The van der Waals surface area contributed by atoms with Crippen LogP contribution in [0.5, 0.6) is 0 Å².